The number of nitrogens with zero attached hydrogens (tertiary/aromatic N) is 2. The van der Waals surface area contributed by atoms with Gasteiger partial charge in [-0.2, -0.15) is 0 Å². The fourth-order valence-electron chi connectivity index (χ4n) is 2.60. The highest BCUT2D eigenvalue weighted by Gasteiger charge is 2.15. The summed E-state index contributed by atoms with van der Waals surface area (Å²) >= 11 is 19.1. The second-order valence-corrected chi connectivity index (χ2v) is 8.71. The van der Waals surface area contributed by atoms with Gasteiger partial charge in [-0.3, -0.25) is 5.10 Å². The van der Waals surface area contributed by atoms with Gasteiger partial charge in [0.15, 0.2) is 0 Å². The fraction of sp³-hybridized carbons (Fsp3) is 0.190. The number of carbonyl (C=O) groups is 1. The summed E-state index contributed by atoms with van der Waals surface area (Å²) in [7, 11) is 0. The average Bonchev–Trinajstić information content (AvgIpc) is 3.16. The first-order valence-electron chi connectivity index (χ1n) is 9.26. The van der Waals surface area contributed by atoms with Crippen molar-refractivity contribution < 1.29 is 14.6 Å². The summed E-state index contributed by atoms with van der Waals surface area (Å²) in [5.74, 6) is 0.0712. The van der Waals surface area contributed by atoms with E-state index in [2.05, 4.69) is 15.2 Å². The zero-order valence-electron chi connectivity index (χ0n) is 16.4. The number of aryl methyl sites for hydroxylation is 1. The fourth-order valence-corrected chi connectivity index (χ4v) is 3.82. The lowest BCUT2D eigenvalue weighted by molar-refractivity contribution is -0.131. The van der Waals surface area contributed by atoms with Crippen LogP contribution < -0.4 is 4.74 Å². The van der Waals surface area contributed by atoms with E-state index in [9.17, 15) is 9.90 Å². The Morgan fingerprint density at radius 2 is 2.00 bits per heavy atom. The number of aliphatic carboxylic acids is 1. The summed E-state index contributed by atoms with van der Waals surface area (Å²) < 4.78 is 5.90. The van der Waals surface area contributed by atoms with E-state index < -0.39 is 5.97 Å². The molecule has 0 spiro atoms. The number of carboxylic acid groups (broad SMARTS) is 1. The van der Waals surface area contributed by atoms with Crippen molar-refractivity contribution in [3.63, 3.8) is 0 Å². The number of carboxylic acids is 1. The van der Waals surface area contributed by atoms with Crippen LogP contribution in [0.2, 0.25) is 15.1 Å². The van der Waals surface area contributed by atoms with Gasteiger partial charge in [0.25, 0.3) is 0 Å². The molecule has 0 unspecified atom stereocenters. The maximum absolute atomic E-state index is 11.8. The smallest absolute Gasteiger partial charge is 0.342 e. The number of aromatic amines is 1. The molecule has 0 aliphatic heterocycles. The van der Waals surface area contributed by atoms with Crippen molar-refractivity contribution in [3.05, 3.63) is 73.3 Å². The Hall–Kier alpha value is -2.19. The van der Waals surface area contributed by atoms with E-state index in [1.807, 2.05) is 6.92 Å². The molecule has 0 amide bonds. The molecule has 1 heterocycles. The van der Waals surface area contributed by atoms with E-state index in [-0.39, 0.29) is 11.5 Å². The molecule has 0 fully saturated rings. The molecular formula is C21H18Cl3N3O3S. The van der Waals surface area contributed by atoms with Gasteiger partial charge in [-0.1, -0.05) is 47.8 Å². The molecule has 3 aromatic rings. The van der Waals surface area contributed by atoms with Crippen molar-refractivity contribution >= 4 is 58.6 Å². The van der Waals surface area contributed by atoms with Gasteiger partial charge in [0.2, 0.25) is 5.16 Å². The highest BCUT2D eigenvalue weighted by Crippen LogP contribution is 2.31. The van der Waals surface area contributed by atoms with Crippen molar-refractivity contribution in [3.8, 4) is 5.75 Å². The first-order chi connectivity index (χ1) is 14.9. The maximum atomic E-state index is 11.8. The molecule has 2 N–H and O–H groups in total. The SMILES string of the molecule is CCCc1nc(S/C(=C\c2cc(Cl)ccc2OCc2ccc(Cl)c(Cl)c2)C(=O)O)n[nH]1. The van der Waals surface area contributed by atoms with Crippen LogP contribution in [0.5, 0.6) is 5.75 Å². The number of rotatable bonds is 9. The quantitative estimate of drug-likeness (QED) is 0.258. The zero-order chi connectivity index (χ0) is 22.4. The van der Waals surface area contributed by atoms with Gasteiger partial charge in [-0.15, -0.1) is 5.10 Å². The Morgan fingerprint density at radius 1 is 1.19 bits per heavy atom. The number of ether oxygens (including phenoxy) is 1. The number of aromatic nitrogens is 3. The molecule has 1 aromatic heterocycles. The molecular weight excluding hydrogens is 481 g/mol. The van der Waals surface area contributed by atoms with Crippen LogP contribution in [-0.4, -0.2) is 26.3 Å². The summed E-state index contributed by atoms with van der Waals surface area (Å²) in [6.07, 6.45) is 3.13. The van der Waals surface area contributed by atoms with Crippen molar-refractivity contribution in [1.29, 1.82) is 0 Å². The molecule has 6 nitrogen and oxygen atoms in total. The van der Waals surface area contributed by atoms with Gasteiger partial charge in [-0.05, 0) is 60.2 Å². The summed E-state index contributed by atoms with van der Waals surface area (Å²) in [4.78, 5) is 16.2. The van der Waals surface area contributed by atoms with Crippen LogP contribution in [-0.2, 0) is 17.8 Å². The van der Waals surface area contributed by atoms with E-state index in [0.29, 0.717) is 37.4 Å². The minimum absolute atomic E-state index is 0.0312. The number of halogens is 3. The molecule has 0 radical (unpaired) electrons. The van der Waals surface area contributed by atoms with Crippen LogP contribution in [0.25, 0.3) is 6.08 Å². The predicted octanol–water partition coefficient (Wildman–Crippen LogP) is 6.51. The monoisotopic (exact) mass is 497 g/mol. The van der Waals surface area contributed by atoms with Crippen LogP contribution >= 0.6 is 46.6 Å². The summed E-state index contributed by atoms with van der Waals surface area (Å²) in [6, 6.07) is 10.2. The van der Waals surface area contributed by atoms with Crippen molar-refractivity contribution in [2.24, 2.45) is 0 Å². The summed E-state index contributed by atoms with van der Waals surface area (Å²) in [5.41, 5.74) is 1.33. The van der Waals surface area contributed by atoms with E-state index >= 15 is 0 Å². The molecule has 0 saturated heterocycles. The minimum Gasteiger partial charge on any atom is -0.488 e. The van der Waals surface area contributed by atoms with E-state index in [0.717, 1.165) is 30.2 Å². The summed E-state index contributed by atoms with van der Waals surface area (Å²) in [5, 5.41) is 18.2. The van der Waals surface area contributed by atoms with E-state index in [1.165, 1.54) is 6.08 Å². The lowest BCUT2D eigenvalue weighted by Crippen LogP contribution is -2.00. The number of nitrogens with one attached hydrogen (secondary N) is 1. The van der Waals surface area contributed by atoms with Gasteiger partial charge in [0, 0.05) is 17.0 Å². The van der Waals surface area contributed by atoms with Crippen LogP contribution in [0, 0.1) is 0 Å². The lowest BCUT2D eigenvalue weighted by Gasteiger charge is -2.11. The van der Waals surface area contributed by atoms with Crippen LogP contribution in [0.3, 0.4) is 0 Å². The molecule has 162 valence electrons. The molecule has 10 heteroatoms. The summed E-state index contributed by atoms with van der Waals surface area (Å²) in [6.45, 7) is 2.24. The molecule has 31 heavy (non-hydrogen) atoms. The third-order valence-corrected chi connectivity index (χ3v) is 5.90. The number of benzene rings is 2. The van der Waals surface area contributed by atoms with Crippen LogP contribution in [0.4, 0.5) is 0 Å². The molecule has 0 aliphatic carbocycles. The Morgan fingerprint density at radius 3 is 2.71 bits per heavy atom. The molecule has 0 saturated carbocycles. The van der Waals surface area contributed by atoms with Gasteiger partial charge in [0.1, 0.15) is 23.1 Å². The van der Waals surface area contributed by atoms with Crippen molar-refractivity contribution in [2.75, 3.05) is 0 Å². The van der Waals surface area contributed by atoms with Gasteiger partial charge < -0.3 is 9.84 Å². The topological polar surface area (TPSA) is 88.1 Å². The first-order valence-corrected chi connectivity index (χ1v) is 11.2. The second-order valence-electron chi connectivity index (χ2n) is 6.45. The normalized spacial score (nSPS) is 11.5. The minimum atomic E-state index is -1.11. The Labute approximate surface area is 198 Å². The Kier molecular flexibility index (Phi) is 8.26. The van der Waals surface area contributed by atoms with Crippen molar-refractivity contribution in [1.82, 2.24) is 15.2 Å². The molecule has 0 aliphatic rings. The lowest BCUT2D eigenvalue weighted by atomic mass is 10.2. The highest BCUT2D eigenvalue weighted by molar-refractivity contribution is 8.04. The van der Waals surface area contributed by atoms with E-state index in [4.69, 9.17) is 39.5 Å². The third kappa shape index (κ3) is 6.64. The third-order valence-electron chi connectivity index (χ3n) is 4.05. The molecule has 0 atom stereocenters. The van der Waals surface area contributed by atoms with E-state index in [1.54, 1.807) is 36.4 Å². The zero-order valence-corrected chi connectivity index (χ0v) is 19.4. The van der Waals surface area contributed by atoms with Crippen molar-refractivity contribution in [2.45, 2.75) is 31.5 Å². The first kappa shape index (κ1) is 23.5. The molecule has 3 rings (SSSR count). The van der Waals surface area contributed by atoms with Crippen LogP contribution in [0.15, 0.2) is 46.5 Å². The van der Waals surface area contributed by atoms with Gasteiger partial charge >= 0.3 is 5.97 Å². The largest absolute Gasteiger partial charge is 0.488 e. The number of thioether (sulfide) groups is 1. The Balaban J connectivity index is 1.84. The Bertz CT molecular complexity index is 1120. The molecule has 2 aromatic carbocycles. The van der Waals surface area contributed by atoms with Crippen LogP contribution in [0.1, 0.15) is 30.3 Å². The number of H-pyrrole nitrogens is 1. The molecule has 0 bridgehead atoms. The predicted molar refractivity (Wildman–Crippen MR) is 124 cm³/mol. The van der Waals surface area contributed by atoms with Gasteiger partial charge in [-0.25, -0.2) is 9.78 Å². The number of hydrogen-bond acceptors (Lipinski definition) is 5. The maximum Gasteiger partial charge on any atom is 0.342 e. The second kappa shape index (κ2) is 10.9. The standard InChI is InChI=1S/C21H18Cl3N3O3S/c1-2-3-19-25-21(27-26-19)31-18(20(28)29)10-13-9-14(22)5-7-17(13)30-11-12-4-6-15(23)16(24)8-12/h4-10H,2-3,11H2,1H3,(H,28,29)(H,25,26,27)/b18-10-. The number of hydrogen-bond donors (Lipinski definition) is 2. The average molecular weight is 499 g/mol. The highest BCUT2D eigenvalue weighted by atomic mass is 35.5. The van der Waals surface area contributed by atoms with Gasteiger partial charge in [0.05, 0.1) is 10.0 Å².